The molecule has 4 aliphatic rings. The highest BCUT2D eigenvalue weighted by Gasteiger charge is 2.43. The molecule has 0 radical (unpaired) electrons. The molecular weight excluding hydrogens is 616 g/mol. The topological polar surface area (TPSA) is 101 Å². The Balaban J connectivity index is 1.17. The Bertz CT molecular complexity index is 1630. The van der Waals surface area contributed by atoms with E-state index in [2.05, 4.69) is 32.7 Å². The van der Waals surface area contributed by atoms with Crippen LogP contribution in [0.25, 0.3) is 0 Å². The lowest BCUT2D eigenvalue weighted by Crippen LogP contribution is -2.62. The number of benzene rings is 1. The summed E-state index contributed by atoms with van der Waals surface area (Å²) < 4.78 is 8.09. The van der Waals surface area contributed by atoms with Crippen LogP contribution in [0.3, 0.4) is 0 Å². The van der Waals surface area contributed by atoms with E-state index in [1.165, 1.54) is 11.1 Å². The minimum Gasteiger partial charge on any atom is -0.446 e. The highest BCUT2D eigenvalue weighted by Crippen LogP contribution is 2.38. The predicted octanol–water partition coefficient (Wildman–Crippen LogP) is 5.00. The van der Waals surface area contributed by atoms with Crippen molar-refractivity contribution in [3.63, 3.8) is 0 Å². The molecule has 3 fully saturated rings. The zero-order valence-electron chi connectivity index (χ0n) is 27.0. The van der Waals surface area contributed by atoms with Crippen molar-refractivity contribution < 1.29 is 19.1 Å². The number of ketones is 1. The van der Waals surface area contributed by atoms with Gasteiger partial charge in [0.05, 0.1) is 23.8 Å². The fourth-order valence-corrected chi connectivity index (χ4v) is 8.15. The molecule has 3 atom stereocenters. The van der Waals surface area contributed by atoms with E-state index in [-0.39, 0.29) is 23.8 Å². The lowest BCUT2D eigenvalue weighted by atomic mass is 9.94. The Morgan fingerprint density at radius 3 is 2.62 bits per heavy atom. The maximum absolute atomic E-state index is 14.6. The van der Waals surface area contributed by atoms with Gasteiger partial charge in [0.25, 0.3) is 0 Å². The summed E-state index contributed by atoms with van der Waals surface area (Å²) in [6, 6.07) is 9.33. The molecule has 10 nitrogen and oxygen atoms in total. The molecule has 0 bridgehead atoms. The number of carbonyl (C=O) groups excluding carboxylic acids is 3. The van der Waals surface area contributed by atoms with Gasteiger partial charge in [-0.25, -0.2) is 9.78 Å². The monoisotopic (exact) mass is 658 g/mol. The number of piperidine rings is 1. The highest BCUT2D eigenvalue weighted by molar-refractivity contribution is 6.30. The molecule has 2 aliphatic carbocycles. The number of ether oxygens (including phenoxy) is 1. The maximum atomic E-state index is 14.6. The van der Waals surface area contributed by atoms with Gasteiger partial charge in [-0.05, 0) is 86.3 Å². The Morgan fingerprint density at radius 2 is 1.81 bits per heavy atom. The smallest absolute Gasteiger partial charge is 0.410 e. The quantitative estimate of drug-likeness (QED) is 0.380. The van der Waals surface area contributed by atoms with Crippen LogP contribution < -0.4 is 0 Å². The van der Waals surface area contributed by atoms with Crippen LogP contribution in [-0.4, -0.2) is 91.9 Å². The standard InChI is InChI=1S/C36H43ClN6O4/c1-24-19-40(23-39-24)20-25-4-3-15-42(21-25)35(45)32-22-41(16-17-43(32)36(46)47-30-11-9-29(44)10-12-30)34-31-13-8-28(37)18-27(31)7-6-26-5-2-14-38-33(26)34/h2,5,8,13-14,18-19,23,25,30,32,34H,3-4,6-7,9-12,15-17,20-22H2,1H3/t25-,32+,34-/m0/s1. The maximum Gasteiger partial charge on any atom is 0.410 e. The summed E-state index contributed by atoms with van der Waals surface area (Å²) in [5.41, 5.74) is 5.50. The number of aromatic nitrogens is 3. The van der Waals surface area contributed by atoms with Crippen LogP contribution in [0, 0.1) is 12.8 Å². The van der Waals surface area contributed by atoms with Gasteiger partial charge in [0.15, 0.2) is 0 Å². The number of pyridine rings is 1. The zero-order valence-corrected chi connectivity index (χ0v) is 27.8. The van der Waals surface area contributed by atoms with Gasteiger partial charge in [-0.3, -0.25) is 24.4 Å². The predicted molar refractivity (Wildman–Crippen MR) is 177 cm³/mol. The van der Waals surface area contributed by atoms with Gasteiger partial charge in [-0.2, -0.15) is 0 Å². The van der Waals surface area contributed by atoms with Gasteiger partial charge in [-0.15, -0.1) is 0 Å². The molecule has 248 valence electrons. The van der Waals surface area contributed by atoms with Crippen LogP contribution in [0.1, 0.15) is 72.6 Å². The molecule has 1 aromatic carbocycles. The molecule has 47 heavy (non-hydrogen) atoms. The van der Waals surface area contributed by atoms with Crippen molar-refractivity contribution in [2.24, 2.45) is 5.92 Å². The van der Waals surface area contributed by atoms with Crippen molar-refractivity contribution in [3.05, 3.63) is 82.2 Å². The number of halogens is 1. The number of fused-ring (bicyclic) bond motifs is 2. The first-order chi connectivity index (χ1) is 22.8. The first-order valence-corrected chi connectivity index (χ1v) is 17.4. The SMILES string of the molecule is Cc1cn(C[C@@H]2CCCN(C(=O)[C@H]3CN([C@H]4c5ccc(Cl)cc5CCc5cccnc54)CCN3C(=O)OC3CCC(=O)CC3)C2)cn1. The molecule has 4 heterocycles. The van der Waals surface area contributed by atoms with Crippen LogP contribution >= 0.6 is 11.6 Å². The summed E-state index contributed by atoms with van der Waals surface area (Å²) in [4.78, 5) is 55.4. The average molecular weight is 659 g/mol. The number of likely N-dealkylation sites (tertiary alicyclic amines) is 1. The Labute approximate surface area is 281 Å². The number of piperazine rings is 1. The van der Waals surface area contributed by atoms with E-state index in [0.29, 0.717) is 69.3 Å². The molecule has 2 aromatic heterocycles. The molecular formula is C36H43ClN6O4. The molecule has 11 heteroatoms. The zero-order chi connectivity index (χ0) is 32.5. The lowest BCUT2D eigenvalue weighted by Gasteiger charge is -2.45. The van der Waals surface area contributed by atoms with Crippen LogP contribution in [0.4, 0.5) is 4.79 Å². The minimum atomic E-state index is -0.707. The highest BCUT2D eigenvalue weighted by atomic mass is 35.5. The fourth-order valence-electron chi connectivity index (χ4n) is 7.96. The van der Waals surface area contributed by atoms with E-state index in [9.17, 15) is 14.4 Å². The number of aryl methyl sites for hydroxylation is 3. The molecule has 2 amide bonds. The van der Waals surface area contributed by atoms with E-state index < -0.39 is 12.1 Å². The number of amides is 2. The van der Waals surface area contributed by atoms with Crippen molar-refractivity contribution in [1.82, 2.24) is 29.2 Å². The second kappa shape index (κ2) is 13.8. The first-order valence-electron chi connectivity index (χ1n) is 17.0. The lowest BCUT2D eigenvalue weighted by molar-refractivity contribution is -0.141. The number of Topliss-reactive ketones (excluding diaryl/α,β-unsaturated/α-hetero) is 1. The number of imidazole rings is 1. The minimum absolute atomic E-state index is 0.0387. The second-order valence-electron chi connectivity index (χ2n) is 13.6. The second-order valence-corrected chi connectivity index (χ2v) is 14.1. The molecule has 1 saturated carbocycles. The van der Waals surface area contributed by atoms with E-state index in [0.717, 1.165) is 49.2 Å². The summed E-state index contributed by atoms with van der Waals surface area (Å²) in [6.45, 7) is 5.36. The Morgan fingerprint density at radius 1 is 0.979 bits per heavy atom. The summed E-state index contributed by atoms with van der Waals surface area (Å²) in [5.74, 6) is 0.474. The van der Waals surface area contributed by atoms with Crippen molar-refractivity contribution in [2.45, 2.75) is 83.0 Å². The van der Waals surface area contributed by atoms with Gasteiger partial charge in [0, 0.05) is 69.5 Å². The van der Waals surface area contributed by atoms with Gasteiger partial charge in [0.2, 0.25) is 5.91 Å². The van der Waals surface area contributed by atoms with Crippen LogP contribution in [-0.2, 0) is 33.7 Å². The van der Waals surface area contributed by atoms with E-state index in [1.54, 1.807) is 4.90 Å². The summed E-state index contributed by atoms with van der Waals surface area (Å²) in [7, 11) is 0. The average Bonchev–Trinajstić information content (AvgIpc) is 3.41. The van der Waals surface area contributed by atoms with Gasteiger partial charge >= 0.3 is 6.09 Å². The van der Waals surface area contributed by atoms with E-state index in [4.69, 9.17) is 21.3 Å². The number of nitrogens with zero attached hydrogens (tertiary/aromatic N) is 6. The van der Waals surface area contributed by atoms with Crippen LogP contribution in [0.15, 0.2) is 49.1 Å². The van der Waals surface area contributed by atoms with E-state index in [1.807, 2.05) is 42.7 Å². The molecule has 7 rings (SSSR count). The normalized spacial score (nSPS) is 24.0. The number of rotatable bonds is 5. The number of hydrogen-bond acceptors (Lipinski definition) is 7. The third-order valence-corrected chi connectivity index (χ3v) is 10.6. The first kappa shape index (κ1) is 31.8. The third-order valence-electron chi connectivity index (χ3n) is 10.4. The largest absolute Gasteiger partial charge is 0.446 e. The van der Waals surface area contributed by atoms with Crippen molar-refractivity contribution in [2.75, 3.05) is 32.7 Å². The van der Waals surface area contributed by atoms with Crippen molar-refractivity contribution in [1.29, 1.82) is 0 Å². The summed E-state index contributed by atoms with van der Waals surface area (Å²) >= 11 is 6.47. The van der Waals surface area contributed by atoms with Crippen molar-refractivity contribution >= 4 is 29.4 Å². The molecule has 2 saturated heterocycles. The molecule has 0 N–H and O–H groups in total. The third kappa shape index (κ3) is 6.94. The molecule has 2 aliphatic heterocycles. The molecule has 3 aromatic rings. The Hall–Kier alpha value is -3.76. The molecule has 0 spiro atoms. The fraction of sp³-hybridized carbons (Fsp3) is 0.528. The van der Waals surface area contributed by atoms with Gasteiger partial charge in [0.1, 0.15) is 17.9 Å². The van der Waals surface area contributed by atoms with Crippen molar-refractivity contribution in [3.8, 4) is 0 Å². The van der Waals surface area contributed by atoms with Gasteiger partial charge < -0.3 is 14.2 Å². The summed E-state index contributed by atoms with van der Waals surface area (Å²) in [6.07, 6.45) is 10.6. The van der Waals surface area contributed by atoms with Crippen LogP contribution in [0.2, 0.25) is 5.02 Å². The van der Waals surface area contributed by atoms with Gasteiger partial charge in [-0.1, -0.05) is 23.7 Å². The Kier molecular flexibility index (Phi) is 9.32. The van der Waals surface area contributed by atoms with E-state index >= 15 is 0 Å². The number of hydrogen-bond donors (Lipinski definition) is 0. The molecule has 0 unspecified atom stereocenters. The van der Waals surface area contributed by atoms with Crippen LogP contribution in [0.5, 0.6) is 0 Å². The number of carbonyl (C=O) groups is 3. The summed E-state index contributed by atoms with van der Waals surface area (Å²) in [5, 5.41) is 0.706.